The van der Waals surface area contributed by atoms with E-state index in [-0.39, 0.29) is 0 Å². The van der Waals surface area contributed by atoms with E-state index >= 15 is 0 Å². The van der Waals surface area contributed by atoms with E-state index in [1.807, 2.05) is 0 Å². The van der Waals surface area contributed by atoms with Crippen LogP contribution in [-0.4, -0.2) is 13.7 Å². The minimum absolute atomic E-state index is 0.886. The first kappa shape index (κ1) is 22.3. The van der Waals surface area contributed by atoms with E-state index in [2.05, 4.69) is 39.5 Å². The van der Waals surface area contributed by atoms with Crippen LogP contribution in [0.2, 0.25) is 0 Å². The summed E-state index contributed by atoms with van der Waals surface area (Å²) in [6, 6.07) is 0. The van der Waals surface area contributed by atoms with Gasteiger partial charge in [-0.2, -0.15) is 0 Å². The predicted octanol–water partition coefficient (Wildman–Crippen LogP) is 4.91. The van der Waals surface area contributed by atoms with Gasteiger partial charge >= 0.3 is 0 Å². The highest BCUT2D eigenvalue weighted by Gasteiger charge is 1.94. The van der Waals surface area contributed by atoms with Gasteiger partial charge < -0.3 is 4.74 Å². The number of hydrogen-bond donors (Lipinski definition) is 0. The molecule has 0 spiro atoms. The normalized spacial score (nSPS) is 8.89. The van der Waals surface area contributed by atoms with Crippen LogP contribution in [-0.2, 0) is 4.74 Å². The zero-order valence-corrected chi connectivity index (χ0v) is 12.7. The molecule has 1 nitrogen and oxygen atoms in total. The molecule has 0 amide bonds. The third-order valence-electron chi connectivity index (χ3n) is 2.63. The van der Waals surface area contributed by atoms with Crippen molar-refractivity contribution in [2.24, 2.45) is 5.92 Å². The van der Waals surface area contributed by atoms with Gasteiger partial charge in [-0.3, -0.25) is 0 Å². The molecule has 0 aromatic rings. The van der Waals surface area contributed by atoms with Crippen molar-refractivity contribution in [3.8, 4) is 25.7 Å². The molecule has 0 N–H and O–H groups in total. The van der Waals surface area contributed by atoms with Crippen LogP contribution in [0.1, 0.15) is 65.2 Å². The van der Waals surface area contributed by atoms with Crippen molar-refractivity contribution in [3.05, 3.63) is 0 Å². The van der Waals surface area contributed by atoms with Gasteiger partial charge in [-0.25, -0.2) is 0 Å². The van der Waals surface area contributed by atoms with Gasteiger partial charge in [0.05, 0.1) is 0 Å². The Labute approximate surface area is 116 Å². The lowest BCUT2D eigenvalue weighted by atomic mass is 10.0. The van der Waals surface area contributed by atoms with Crippen LogP contribution in [0.4, 0.5) is 0 Å². The molecule has 106 valence electrons. The first-order valence-electron chi connectivity index (χ1n) is 6.93. The Balaban J connectivity index is -0.000000506. The van der Waals surface area contributed by atoms with Crippen LogP contribution in [0, 0.1) is 31.6 Å². The molecule has 0 saturated carbocycles. The van der Waals surface area contributed by atoms with Gasteiger partial charge in [-0.05, 0) is 12.3 Å². The van der Waals surface area contributed by atoms with Gasteiger partial charge in [0.2, 0.25) is 0 Å². The van der Waals surface area contributed by atoms with Crippen molar-refractivity contribution < 1.29 is 4.74 Å². The summed E-state index contributed by atoms with van der Waals surface area (Å²) in [5, 5.41) is 0. The number of ether oxygens (including phenoxy) is 1. The third kappa shape index (κ3) is 29.4. The van der Waals surface area contributed by atoms with E-state index in [4.69, 9.17) is 4.74 Å². The quantitative estimate of drug-likeness (QED) is 0.396. The Kier molecular flexibility index (Phi) is 31.0. The molecule has 0 aromatic carbocycles. The second kappa shape index (κ2) is 25.1. The van der Waals surface area contributed by atoms with E-state index in [0.29, 0.717) is 0 Å². The van der Waals surface area contributed by atoms with Gasteiger partial charge in [0, 0.05) is 13.7 Å². The fourth-order valence-electron chi connectivity index (χ4n) is 1.68. The molecule has 0 radical (unpaired) electrons. The molecule has 0 aliphatic heterocycles. The summed E-state index contributed by atoms with van der Waals surface area (Å²) in [5.74, 6) is 0.886. The Morgan fingerprint density at radius 2 is 1.11 bits per heavy atom. The Morgan fingerprint density at radius 3 is 1.50 bits per heavy atom. The molecule has 0 fully saturated rings. The number of hydrogen-bond acceptors (Lipinski definition) is 1. The van der Waals surface area contributed by atoms with Crippen molar-refractivity contribution in [2.45, 2.75) is 65.2 Å². The van der Waals surface area contributed by atoms with Gasteiger partial charge in [0.15, 0.2) is 0 Å². The molecular formula is C17H32O. The Morgan fingerprint density at radius 1 is 0.722 bits per heavy atom. The zero-order chi connectivity index (χ0) is 14.6. The van der Waals surface area contributed by atoms with Crippen LogP contribution >= 0.6 is 0 Å². The highest BCUT2D eigenvalue weighted by Crippen LogP contribution is 2.11. The van der Waals surface area contributed by atoms with Crippen molar-refractivity contribution >= 4 is 0 Å². The van der Waals surface area contributed by atoms with Crippen molar-refractivity contribution in [3.63, 3.8) is 0 Å². The number of rotatable bonds is 10. The molecular weight excluding hydrogens is 220 g/mol. The lowest BCUT2D eigenvalue weighted by Gasteiger charge is -2.04. The lowest BCUT2D eigenvalue weighted by molar-refractivity contribution is 0.192. The number of unbranched alkanes of at least 4 members (excludes halogenated alkanes) is 6. The van der Waals surface area contributed by atoms with E-state index < -0.39 is 0 Å². The maximum Gasteiger partial charge on any atom is 0.0462 e. The third-order valence-corrected chi connectivity index (χ3v) is 2.63. The van der Waals surface area contributed by atoms with Crippen LogP contribution in [0.5, 0.6) is 0 Å². The van der Waals surface area contributed by atoms with Crippen LogP contribution in [0.25, 0.3) is 0 Å². The summed E-state index contributed by atoms with van der Waals surface area (Å²) >= 11 is 0. The van der Waals surface area contributed by atoms with Crippen LogP contribution in [0.15, 0.2) is 0 Å². The van der Waals surface area contributed by atoms with Crippen molar-refractivity contribution in [2.75, 3.05) is 13.7 Å². The first-order chi connectivity index (χ1) is 8.77. The molecule has 0 rings (SSSR count). The fourth-order valence-corrected chi connectivity index (χ4v) is 1.68. The minimum atomic E-state index is 0.886. The molecule has 0 aliphatic carbocycles. The maximum absolute atomic E-state index is 5.01. The van der Waals surface area contributed by atoms with Crippen molar-refractivity contribution in [1.82, 2.24) is 0 Å². The molecule has 0 aromatic heterocycles. The molecule has 0 heterocycles. The summed E-state index contributed by atoms with van der Waals surface area (Å²) in [4.78, 5) is 0. The SMILES string of the molecule is C#C.C#C.COCCCCCCCCCC(C)C. The monoisotopic (exact) mass is 252 g/mol. The Bertz CT molecular complexity index is 149. The second-order valence-electron chi connectivity index (χ2n) is 4.65. The summed E-state index contributed by atoms with van der Waals surface area (Å²) in [6.45, 7) is 5.56. The van der Waals surface area contributed by atoms with Gasteiger partial charge in [0.25, 0.3) is 0 Å². The van der Waals surface area contributed by atoms with E-state index in [9.17, 15) is 0 Å². The Hall–Kier alpha value is -0.920. The molecule has 1 heteroatoms. The molecule has 0 saturated heterocycles. The molecule has 0 bridgehead atoms. The van der Waals surface area contributed by atoms with Crippen molar-refractivity contribution in [1.29, 1.82) is 0 Å². The molecule has 18 heavy (non-hydrogen) atoms. The smallest absolute Gasteiger partial charge is 0.0462 e. The highest BCUT2D eigenvalue weighted by atomic mass is 16.5. The van der Waals surface area contributed by atoms with E-state index in [0.717, 1.165) is 12.5 Å². The van der Waals surface area contributed by atoms with Crippen LogP contribution in [0.3, 0.4) is 0 Å². The summed E-state index contributed by atoms with van der Waals surface area (Å²) in [6.07, 6.45) is 27.1. The fraction of sp³-hybridized carbons (Fsp3) is 0.765. The lowest BCUT2D eigenvalue weighted by Crippen LogP contribution is -1.89. The summed E-state index contributed by atoms with van der Waals surface area (Å²) in [5.41, 5.74) is 0. The zero-order valence-electron chi connectivity index (χ0n) is 12.7. The summed E-state index contributed by atoms with van der Waals surface area (Å²) < 4.78 is 5.01. The number of methoxy groups -OCH3 is 1. The first-order valence-corrected chi connectivity index (χ1v) is 6.93. The van der Waals surface area contributed by atoms with Gasteiger partial charge in [0.1, 0.15) is 0 Å². The van der Waals surface area contributed by atoms with Gasteiger partial charge in [-0.1, -0.05) is 58.8 Å². The minimum Gasteiger partial charge on any atom is -0.385 e. The highest BCUT2D eigenvalue weighted by molar-refractivity contribution is 4.49. The average Bonchev–Trinajstić information content (AvgIpc) is 2.41. The average molecular weight is 252 g/mol. The largest absolute Gasteiger partial charge is 0.385 e. The standard InChI is InChI=1S/C13H28O.2C2H2/c1-13(2)11-9-7-5-4-6-8-10-12-14-3;2*1-2/h13H,4-12H2,1-3H3;2*1-2H. The second-order valence-corrected chi connectivity index (χ2v) is 4.65. The maximum atomic E-state index is 5.01. The van der Waals surface area contributed by atoms with E-state index in [1.54, 1.807) is 7.11 Å². The summed E-state index contributed by atoms with van der Waals surface area (Å²) in [7, 11) is 1.78. The molecule has 0 atom stereocenters. The number of terminal acetylenes is 2. The predicted molar refractivity (Wildman–Crippen MR) is 83.4 cm³/mol. The van der Waals surface area contributed by atoms with Gasteiger partial charge in [-0.15, -0.1) is 25.7 Å². The van der Waals surface area contributed by atoms with E-state index in [1.165, 1.54) is 51.4 Å². The molecule has 0 unspecified atom stereocenters. The topological polar surface area (TPSA) is 9.23 Å². The molecule has 0 aliphatic rings. The van der Waals surface area contributed by atoms with Crippen LogP contribution < -0.4 is 0 Å².